The monoisotopic (exact) mass is 650 g/mol. The molecule has 0 spiro atoms. The summed E-state index contributed by atoms with van der Waals surface area (Å²) in [7, 11) is 1.33. The molecular weight excluding hydrogens is 604 g/mol. The standard InChI is InChI=1S/C34H46N6O5S/c1-20-29(46-19-35-20)23-13-11-21(12-14-23)25(16-28(41)44-8)36-31(42)27-15-24(45-34(5,6)7)17-39(27)32(43)30(33(2,3)4)40-18-26(37-38-40)22-9-10-22/h11-14,18-19,22,24-25,27,30H,9-10,15-17H2,1-8H3,(H,36,42)/t24-,25+,27+,30-/m1/s1. The number of aryl methyl sites for hydroxylation is 1. The van der Waals surface area contributed by atoms with E-state index in [4.69, 9.17) is 9.47 Å². The Morgan fingerprint density at radius 2 is 1.78 bits per heavy atom. The Labute approximate surface area is 275 Å². The first kappa shape index (κ1) is 33.7. The number of aromatic nitrogens is 4. The number of ether oxygens (including phenoxy) is 2. The highest BCUT2D eigenvalue weighted by Crippen LogP contribution is 2.41. The molecule has 1 N–H and O–H groups in total. The average molecular weight is 651 g/mol. The SMILES string of the molecule is COC(=O)C[C@H](NC(=O)[C@@H]1C[C@@H](OC(C)(C)C)CN1C(=O)[C@@H](n1cc(C2CC2)nn1)C(C)(C)C)c1ccc(-c2scnc2C)cc1. The van der Waals surface area contributed by atoms with Crippen molar-refractivity contribution in [2.24, 2.45) is 5.41 Å². The Morgan fingerprint density at radius 1 is 1.09 bits per heavy atom. The maximum Gasteiger partial charge on any atom is 0.307 e. The minimum atomic E-state index is -0.810. The molecular formula is C34H46N6O5S. The summed E-state index contributed by atoms with van der Waals surface area (Å²) >= 11 is 1.56. The zero-order valence-corrected chi connectivity index (χ0v) is 28.9. The van der Waals surface area contributed by atoms with Gasteiger partial charge in [-0.15, -0.1) is 16.4 Å². The molecule has 46 heavy (non-hydrogen) atoms. The van der Waals surface area contributed by atoms with Gasteiger partial charge < -0.3 is 19.7 Å². The smallest absolute Gasteiger partial charge is 0.307 e. The fourth-order valence-corrected chi connectivity index (χ4v) is 6.92. The lowest BCUT2D eigenvalue weighted by molar-refractivity contribution is -0.145. The van der Waals surface area contributed by atoms with Gasteiger partial charge in [-0.3, -0.25) is 14.4 Å². The number of nitrogens with zero attached hydrogens (tertiary/aromatic N) is 5. The molecule has 11 nitrogen and oxygen atoms in total. The molecule has 1 aromatic carbocycles. The summed E-state index contributed by atoms with van der Waals surface area (Å²) in [5, 5.41) is 11.8. The first-order valence-corrected chi connectivity index (χ1v) is 16.8. The van der Waals surface area contributed by atoms with Crippen LogP contribution < -0.4 is 5.32 Å². The number of hydrogen-bond donors (Lipinski definition) is 1. The second kappa shape index (κ2) is 13.2. The first-order valence-electron chi connectivity index (χ1n) is 15.9. The predicted octanol–water partition coefficient (Wildman–Crippen LogP) is 5.38. The summed E-state index contributed by atoms with van der Waals surface area (Å²) in [6.07, 6.45) is 3.95. The van der Waals surface area contributed by atoms with Crippen LogP contribution in [-0.2, 0) is 23.9 Å². The molecule has 2 aliphatic rings. The van der Waals surface area contributed by atoms with Gasteiger partial charge in [0.25, 0.3) is 0 Å². The molecule has 4 atom stereocenters. The van der Waals surface area contributed by atoms with E-state index in [1.165, 1.54) is 7.11 Å². The molecule has 3 heterocycles. The third-order valence-electron chi connectivity index (χ3n) is 8.45. The topological polar surface area (TPSA) is 129 Å². The lowest BCUT2D eigenvalue weighted by Crippen LogP contribution is -2.51. The number of carbonyl (C=O) groups excluding carboxylic acids is 3. The maximum absolute atomic E-state index is 14.5. The van der Waals surface area contributed by atoms with Crippen molar-refractivity contribution in [3.8, 4) is 10.4 Å². The van der Waals surface area contributed by atoms with Crippen molar-refractivity contribution in [2.75, 3.05) is 13.7 Å². The van der Waals surface area contributed by atoms with Gasteiger partial charge in [0.2, 0.25) is 11.8 Å². The second-order valence-corrected chi connectivity index (χ2v) is 15.3. The highest BCUT2D eigenvalue weighted by atomic mass is 32.1. The van der Waals surface area contributed by atoms with Gasteiger partial charge >= 0.3 is 5.97 Å². The number of thiazole rings is 1. The molecule has 2 amide bonds. The zero-order chi connectivity index (χ0) is 33.4. The van der Waals surface area contributed by atoms with E-state index in [0.717, 1.165) is 40.2 Å². The molecule has 12 heteroatoms. The summed E-state index contributed by atoms with van der Waals surface area (Å²) in [6, 6.07) is 5.60. The Bertz CT molecular complexity index is 1550. The fourth-order valence-electron chi connectivity index (χ4n) is 6.11. The highest BCUT2D eigenvalue weighted by Gasteiger charge is 2.47. The van der Waals surface area contributed by atoms with E-state index < -0.39 is 35.1 Å². The number of methoxy groups -OCH3 is 1. The van der Waals surface area contributed by atoms with Crippen molar-refractivity contribution in [2.45, 2.75) is 110 Å². The molecule has 1 aliphatic carbocycles. The number of nitrogens with one attached hydrogen (secondary N) is 1. The summed E-state index contributed by atoms with van der Waals surface area (Å²) in [5.74, 6) is -0.624. The van der Waals surface area contributed by atoms with Crippen LogP contribution in [-0.4, -0.2) is 74.1 Å². The van der Waals surface area contributed by atoms with Crippen molar-refractivity contribution in [1.82, 2.24) is 30.2 Å². The lowest BCUT2D eigenvalue weighted by atomic mass is 9.85. The Hall–Kier alpha value is -3.64. The highest BCUT2D eigenvalue weighted by molar-refractivity contribution is 7.13. The minimum absolute atomic E-state index is 0.0583. The molecule has 1 saturated heterocycles. The summed E-state index contributed by atoms with van der Waals surface area (Å²) in [5.41, 5.74) is 4.43. The molecule has 5 rings (SSSR count). The van der Waals surface area contributed by atoms with E-state index in [0.29, 0.717) is 12.3 Å². The van der Waals surface area contributed by atoms with Crippen LogP contribution in [0.5, 0.6) is 0 Å². The van der Waals surface area contributed by atoms with E-state index in [9.17, 15) is 14.4 Å². The molecule has 248 valence electrons. The number of esters is 1. The van der Waals surface area contributed by atoms with Crippen LogP contribution in [0, 0.1) is 12.3 Å². The fraction of sp³-hybridized carbons (Fsp3) is 0.588. The van der Waals surface area contributed by atoms with Gasteiger partial charge in [0.1, 0.15) is 12.1 Å². The van der Waals surface area contributed by atoms with Gasteiger partial charge in [-0.05, 0) is 57.1 Å². The summed E-state index contributed by atoms with van der Waals surface area (Å²) in [6.45, 7) is 14.1. The van der Waals surface area contributed by atoms with Gasteiger partial charge in [-0.1, -0.05) is 50.3 Å². The van der Waals surface area contributed by atoms with Crippen molar-refractivity contribution in [1.29, 1.82) is 0 Å². The van der Waals surface area contributed by atoms with Crippen LogP contribution in [0.3, 0.4) is 0 Å². The van der Waals surface area contributed by atoms with Gasteiger partial charge in [0, 0.05) is 25.1 Å². The van der Waals surface area contributed by atoms with Gasteiger partial charge in [-0.2, -0.15) is 0 Å². The normalized spacial score (nSPS) is 20.0. The van der Waals surface area contributed by atoms with Gasteiger partial charge in [0.15, 0.2) is 0 Å². The molecule has 2 aromatic heterocycles. The van der Waals surface area contributed by atoms with Crippen molar-refractivity contribution in [3.05, 3.63) is 52.9 Å². The van der Waals surface area contributed by atoms with Crippen LogP contribution in [0.25, 0.3) is 10.4 Å². The number of hydrogen-bond acceptors (Lipinski definition) is 9. The van der Waals surface area contributed by atoms with Crippen LogP contribution in [0.1, 0.15) is 102 Å². The number of rotatable bonds is 10. The predicted molar refractivity (Wildman–Crippen MR) is 175 cm³/mol. The van der Waals surface area contributed by atoms with Crippen LogP contribution in [0.2, 0.25) is 0 Å². The average Bonchev–Trinajstić information content (AvgIpc) is 3.33. The molecule has 2 fully saturated rings. The van der Waals surface area contributed by atoms with E-state index in [1.807, 2.05) is 84.4 Å². The van der Waals surface area contributed by atoms with E-state index in [-0.39, 0.29) is 30.9 Å². The first-order chi connectivity index (χ1) is 21.6. The summed E-state index contributed by atoms with van der Waals surface area (Å²) in [4.78, 5) is 48.2. The maximum atomic E-state index is 14.5. The number of carbonyl (C=O) groups is 3. The molecule has 0 radical (unpaired) electrons. The van der Waals surface area contributed by atoms with E-state index in [1.54, 1.807) is 20.9 Å². The van der Waals surface area contributed by atoms with Crippen LogP contribution in [0.4, 0.5) is 0 Å². The molecule has 0 unspecified atom stereocenters. The van der Waals surface area contributed by atoms with Gasteiger partial charge in [0.05, 0.1) is 53.1 Å². The lowest BCUT2D eigenvalue weighted by Gasteiger charge is -2.35. The van der Waals surface area contributed by atoms with Crippen molar-refractivity contribution < 1.29 is 23.9 Å². The van der Waals surface area contributed by atoms with Crippen LogP contribution in [0.15, 0.2) is 36.0 Å². The molecule has 3 aromatic rings. The molecule has 1 saturated carbocycles. The largest absolute Gasteiger partial charge is 0.469 e. The van der Waals surface area contributed by atoms with E-state index in [2.05, 4.69) is 20.6 Å². The molecule has 0 bridgehead atoms. The second-order valence-electron chi connectivity index (χ2n) is 14.5. The van der Waals surface area contributed by atoms with E-state index >= 15 is 0 Å². The number of amides is 2. The number of benzene rings is 1. The van der Waals surface area contributed by atoms with Crippen LogP contribution >= 0.6 is 11.3 Å². The third-order valence-corrected chi connectivity index (χ3v) is 9.42. The third kappa shape index (κ3) is 7.83. The molecule has 1 aliphatic heterocycles. The van der Waals surface area contributed by atoms with Crippen molar-refractivity contribution >= 4 is 29.1 Å². The van der Waals surface area contributed by atoms with Crippen molar-refractivity contribution in [3.63, 3.8) is 0 Å². The Morgan fingerprint density at radius 3 is 2.35 bits per heavy atom. The quantitative estimate of drug-likeness (QED) is 0.290. The Kier molecular flexibility index (Phi) is 9.70. The van der Waals surface area contributed by atoms with Gasteiger partial charge in [-0.25, -0.2) is 9.67 Å². The Balaban J connectivity index is 1.42. The zero-order valence-electron chi connectivity index (χ0n) is 28.1. The minimum Gasteiger partial charge on any atom is -0.469 e. The number of likely N-dealkylation sites (tertiary alicyclic amines) is 1. The summed E-state index contributed by atoms with van der Waals surface area (Å²) < 4.78 is 13.0.